The summed E-state index contributed by atoms with van der Waals surface area (Å²) in [4.78, 5) is 22.4. The zero-order valence-corrected chi connectivity index (χ0v) is 17.8. The smallest absolute Gasteiger partial charge is 0.274 e. The van der Waals surface area contributed by atoms with Gasteiger partial charge >= 0.3 is 0 Å². The highest BCUT2D eigenvalue weighted by Crippen LogP contribution is 2.34. The third kappa shape index (κ3) is 3.83. The molecule has 0 unspecified atom stereocenters. The minimum absolute atomic E-state index is 0.0288. The van der Waals surface area contributed by atoms with Gasteiger partial charge in [-0.05, 0) is 55.6 Å². The second-order valence-electron chi connectivity index (χ2n) is 8.38. The fourth-order valence-electron chi connectivity index (χ4n) is 4.76. The molecule has 0 radical (unpaired) electrons. The molecule has 2 aliphatic heterocycles. The number of carbonyl (C=O) groups is 1. The van der Waals surface area contributed by atoms with Crippen LogP contribution in [0, 0.1) is 12.7 Å². The van der Waals surface area contributed by atoms with E-state index in [-0.39, 0.29) is 17.8 Å². The van der Waals surface area contributed by atoms with Gasteiger partial charge in [0, 0.05) is 31.9 Å². The molecule has 1 atom stereocenters. The Balaban J connectivity index is 1.51. The number of rotatable bonds is 4. The Bertz CT molecular complexity index is 1090. The first-order valence-corrected chi connectivity index (χ1v) is 10.9. The van der Waals surface area contributed by atoms with E-state index >= 15 is 0 Å². The molecule has 6 nitrogen and oxygen atoms in total. The van der Waals surface area contributed by atoms with E-state index in [2.05, 4.69) is 9.30 Å². The number of morpholine rings is 1. The average molecular weight is 423 g/mol. The topological polar surface area (TPSA) is 50.1 Å². The largest absolute Gasteiger partial charge is 0.378 e. The van der Waals surface area contributed by atoms with E-state index in [9.17, 15) is 9.18 Å². The molecule has 162 valence electrons. The van der Waals surface area contributed by atoms with Crippen LogP contribution in [0.4, 0.5) is 4.39 Å². The lowest BCUT2D eigenvalue weighted by molar-refractivity contribution is 0.0298. The Morgan fingerprint density at radius 3 is 2.71 bits per heavy atom. The molecule has 3 aromatic rings. The molecule has 0 N–H and O–H groups in total. The number of amides is 1. The molecule has 31 heavy (non-hydrogen) atoms. The summed E-state index contributed by atoms with van der Waals surface area (Å²) in [7, 11) is 0. The minimum atomic E-state index is -0.219. The molecule has 5 rings (SSSR count). The van der Waals surface area contributed by atoms with Crippen molar-refractivity contribution in [3.05, 3.63) is 70.9 Å². The van der Waals surface area contributed by atoms with Crippen molar-refractivity contribution < 1.29 is 13.9 Å². The van der Waals surface area contributed by atoms with E-state index in [1.807, 2.05) is 42.3 Å². The number of aryl methyl sites for hydroxylation is 1. The zero-order valence-electron chi connectivity index (χ0n) is 17.8. The molecular weight excluding hydrogens is 395 g/mol. The molecule has 0 spiro atoms. The monoisotopic (exact) mass is 422 g/mol. The van der Waals surface area contributed by atoms with Crippen LogP contribution in [0.25, 0.3) is 5.65 Å². The Hall–Kier alpha value is -2.77. The maximum absolute atomic E-state index is 13.4. The van der Waals surface area contributed by atoms with Crippen molar-refractivity contribution in [1.82, 2.24) is 19.2 Å². The Kier molecular flexibility index (Phi) is 5.46. The number of nitrogens with zero attached hydrogens (tertiary/aromatic N) is 4. The second kappa shape index (κ2) is 8.40. The molecule has 7 heteroatoms. The molecule has 2 aliphatic rings. The van der Waals surface area contributed by atoms with Gasteiger partial charge < -0.3 is 14.0 Å². The predicted octanol–water partition coefficient (Wildman–Crippen LogP) is 3.59. The van der Waals surface area contributed by atoms with Crippen LogP contribution < -0.4 is 0 Å². The number of hydrogen-bond acceptors (Lipinski definition) is 4. The molecule has 0 saturated carbocycles. The van der Waals surface area contributed by atoms with Gasteiger partial charge in [0.05, 0.1) is 18.9 Å². The summed E-state index contributed by atoms with van der Waals surface area (Å²) >= 11 is 0. The highest BCUT2D eigenvalue weighted by Gasteiger charge is 2.31. The highest BCUT2D eigenvalue weighted by atomic mass is 19.1. The third-order valence-electron chi connectivity index (χ3n) is 6.42. The van der Waals surface area contributed by atoms with Crippen LogP contribution in [-0.2, 0) is 11.3 Å². The maximum Gasteiger partial charge on any atom is 0.274 e. The molecule has 2 saturated heterocycles. The van der Waals surface area contributed by atoms with Crippen LogP contribution in [0.2, 0.25) is 0 Å². The predicted molar refractivity (Wildman–Crippen MR) is 115 cm³/mol. The molecule has 4 heterocycles. The van der Waals surface area contributed by atoms with Crippen molar-refractivity contribution >= 4 is 11.6 Å². The SMILES string of the molecule is Cc1cccn2c(CN3CCC[C@H]3c3ccc(F)cc3)c(C(=O)N3CCOCC3)nc12. The first-order chi connectivity index (χ1) is 15.1. The summed E-state index contributed by atoms with van der Waals surface area (Å²) < 4.78 is 20.9. The van der Waals surface area contributed by atoms with E-state index in [0.717, 1.165) is 41.9 Å². The van der Waals surface area contributed by atoms with Crippen LogP contribution in [0.1, 0.15) is 46.2 Å². The van der Waals surface area contributed by atoms with Crippen LogP contribution in [0.3, 0.4) is 0 Å². The first-order valence-electron chi connectivity index (χ1n) is 10.9. The van der Waals surface area contributed by atoms with Gasteiger partial charge in [0.2, 0.25) is 0 Å². The molecule has 0 aliphatic carbocycles. The van der Waals surface area contributed by atoms with Crippen molar-refractivity contribution in [1.29, 1.82) is 0 Å². The number of fused-ring (bicyclic) bond motifs is 1. The highest BCUT2D eigenvalue weighted by molar-refractivity contribution is 5.94. The summed E-state index contributed by atoms with van der Waals surface area (Å²) in [5.41, 5.74) is 4.43. The molecule has 2 aromatic heterocycles. The molecule has 1 aromatic carbocycles. The summed E-state index contributed by atoms with van der Waals surface area (Å²) in [5, 5.41) is 0. The number of ether oxygens (including phenoxy) is 1. The molecular formula is C24H27FN4O2. The standard InChI is InChI=1S/C24H27FN4O2/c1-17-4-2-11-29-21(22(26-23(17)29)24(30)27-12-14-31-15-13-27)16-28-10-3-5-20(28)18-6-8-19(25)9-7-18/h2,4,6-9,11,20H,3,5,10,12-16H2,1H3/t20-/m0/s1. The number of benzene rings is 1. The quantitative estimate of drug-likeness (QED) is 0.645. The number of carbonyl (C=O) groups excluding carboxylic acids is 1. The number of likely N-dealkylation sites (tertiary alicyclic amines) is 1. The van der Waals surface area contributed by atoms with Crippen molar-refractivity contribution in [3.63, 3.8) is 0 Å². The molecule has 0 bridgehead atoms. The number of aromatic nitrogens is 2. The Morgan fingerprint density at radius 2 is 1.94 bits per heavy atom. The van der Waals surface area contributed by atoms with E-state index in [1.165, 1.54) is 12.1 Å². The lowest BCUT2D eigenvalue weighted by Crippen LogP contribution is -2.41. The van der Waals surface area contributed by atoms with Crippen LogP contribution in [-0.4, -0.2) is 57.9 Å². The van der Waals surface area contributed by atoms with Crippen molar-refractivity contribution in [2.45, 2.75) is 32.4 Å². The van der Waals surface area contributed by atoms with Gasteiger partial charge in [0.1, 0.15) is 11.5 Å². The van der Waals surface area contributed by atoms with Crippen molar-refractivity contribution in [2.24, 2.45) is 0 Å². The Labute approximate surface area is 181 Å². The number of hydrogen-bond donors (Lipinski definition) is 0. The van der Waals surface area contributed by atoms with E-state index in [1.54, 1.807) is 0 Å². The summed E-state index contributed by atoms with van der Waals surface area (Å²) in [6.45, 7) is 5.88. The normalized spacial score (nSPS) is 19.9. The second-order valence-corrected chi connectivity index (χ2v) is 8.38. The van der Waals surface area contributed by atoms with Crippen LogP contribution in [0.15, 0.2) is 42.6 Å². The van der Waals surface area contributed by atoms with Gasteiger partial charge in [0.25, 0.3) is 5.91 Å². The van der Waals surface area contributed by atoms with Crippen LogP contribution in [0.5, 0.6) is 0 Å². The zero-order chi connectivity index (χ0) is 21.4. The maximum atomic E-state index is 13.4. The minimum Gasteiger partial charge on any atom is -0.378 e. The van der Waals surface area contributed by atoms with Crippen molar-refractivity contribution in [2.75, 3.05) is 32.8 Å². The first kappa shape index (κ1) is 20.2. The Morgan fingerprint density at radius 1 is 1.16 bits per heavy atom. The summed E-state index contributed by atoms with van der Waals surface area (Å²) in [6.07, 6.45) is 4.09. The average Bonchev–Trinajstić information content (AvgIpc) is 3.41. The van der Waals surface area contributed by atoms with Gasteiger partial charge in [-0.25, -0.2) is 9.37 Å². The van der Waals surface area contributed by atoms with E-state index < -0.39 is 0 Å². The lowest BCUT2D eigenvalue weighted by atomic mass is 10.0. The van der Waals surface area contributed by atoms with Crippen molar-refractivity contribution in [3.8, 4) is 0 Å². The van der Waals surface area contributed by atoms with Gasteiger partial charge in [-0.15, -0.1) is 0 Å². The fourth-order valence-corrected chi connectivity index (χ4v) is 4.76. The van der Waals surface area contributed by atoms with Gasteiger partial charge in [-0.1, -0.05) is 18.2 Å². The summed E-state index contributed by atoms with van der Waals surface area (Å²) in [5.74, 6) is -0.247. The van der Waals surface area contributed by atoms with Gasteiger partial charge in [-0.2, -0.15) is 0 Å². The summed E-state index contributed by atoms with van der Waals surface area (Å²) in [6, 6.07) is 11.0. The molecule has 2 fully saturated rings. The van der Waals surface area contributed by atoms with Crippen LogP contribution >= 0.6 is 0 Å². The van der Waals surface area contributed by atoms with Gasteiger partial charge in [-0.3, -0.25) is 9.69 Å². The number of pyridine rings is 1. The van der Waals surface area contributed by atoms with E-state index in [4.69, 9.17) is 9.72 Å². The fraction of sp³-hybridized carbons (Fsp3) is 0.417. The van der Waals surface area contributed by atoms with Gasteiger partial charge in [0.15, 0.2) is 5.69 Å². The lowest BCUT2D eigenvalue weighted by Gasteiger charge is -2.28. The third-order valence-corrected chi connectivity index (χ3v) is 6.42. The number of imidazole rings is 1. The van der Waals surface area contributed by atoms with E-state index in [0.29, 0.717) is 38.5 Å². The number of halogens is 1. The molecule has 1 amide bonds.